The summed E-state index contributed by atoms with van der Waals surface area (Å²) in [4.78, 5) is 14.2. The smallest absolute Gasteiger partial charge is 0.269 e. The lowest BCUT2D eigenvalue weighted by Gasteiger charge is -2.33. The second-order valence-corrected chi connectivity index (χ2v) is 5.32. The van der Waals surface area contributed by atoms with Crippen LogP contribution in [0.3, 0.4) is 0 Å². The highest BCUT2D eigenvalue weighted by atomic mass is 16.6. The van der Waals surface area contributed by atoms with Gasteiger partial charge >= 0.3 is 0 Å². The van der Waals surface area contributed by atoms with E-state index in [-0.39, 0.29) is 10.6 Å². The predicted molar refractivity (Wildman–Crippen MR) is 80.3 cm³/mol. The van der Waals surface area contributed by atoms with E-state index in [0.717, 1.165) is 38.4 Å². The number of nitro benzene ring substituents is 1. The van der Waals surface area contributed by atoms with Gasteiger partial charge in [-0.3, -0.25) is 10.1 Å². The molecule has 108 valence electrons. The van der Waals surface area contributed by atoms with Gasteiger partial charge in [0.05, 0.1) is 37.6 Å². The first-order valence-electron chi connectivity index (χ1n) is 7.05. The van der Waals surface area contributed by atoms with Gasteiger partial charge < -0.3 is 9.80 Å². The highest BCUT2D eigenvalue weighted by Gasteiger charge is 2.20. The SMILES string of the molecule is C/C=C(\C)C[NH+]1CCN(c2ccc([N+](=O)[O-])cc2)CC1. The van der Waals surface area contributed by atoms with Gasteiger partial charge in [-0.05, 0) is 31.6 Å². The van der Waals surface area contributed by atoms with Gasteiger partial charge in [-0.2, -0.15) is 0 Å². The number of hydrogen-bond acceptors (Lipinski definition) is 3. The molecule has 20 heavy (non-hydrogen) atoms. The number of quaternary nitrogens is 1. The Hall–Kier alpha value is -1.88. The largest absolute Gasteiger partial charge is 0.360 e. The zero-order valence-corrected chi connectivity index (χ0v) is 12.1. The second kappa shape index (κ2) is 6.52. The molecule has 0 spiro atoms. The number of allylic oxidation sites excluding steroid dienone is 1. The predicted octanol–water partition coefficient (Wildman–Crippen LogP) is 1.27. The standard InChI is InChI=1S/C15H21N3O2/c1-3-13(2)12-16-8-10-17(11-9-16)14-4-6-15(7-5-14)18(19)20/h3-7H,8-12H2,1-2H3/p+1/b13-3+. The molecule has 1 aromatic rings. The number of nitro groups is 1. The summed E-state index contributed by atoms with van der Waals surface area (Å²) in [5.74, 6) is 0. The molecule has 1 aliphatic heterocycles. The summed E-state index contributed by atoms with van der Waals surface area (Å²) in [5.41, 5.74) is 2.67. The summed E-state index contributed by atoms with van der Waals surface area (Å²) >= 11 is 0. The van der Waals surface area contributed by atoms with E-state index in [4.69, 9.17) is 0 Å². The van der Waals surface area contributed by atoms with Crippen molar-refractivity contribution in [2.75, 3.05) is 37.6 Å². The Morgan fingerprint density at radius 1 is 1.35 bits per heavy atom. The number of rotatable bonds is 4. The maximum atomic E-state index is 10.6. The van der Waals surface area contributed by atoms with Crippen LogP contribution in [0.25, 0.3) is 0 Å². The molecule has 1 heterocycles. The van der Waals surface area contributed by atoms with E-state index in [1.807, 2.05) is 12.1 Å². The average Bonchev–Trinajstić information content (AvgIpc) is 2.48. The van der Waals surface area contributed by atoms with Gasteiger partial charge in [-0.25, -0.2) is 0 Å². The van der Waals surface area contributed by atoms with E-state index in [0.29, 0.717) is 0 Å². The highest BCUT2D eigenvalue weighted by molar-refractivity contribution is 5.50. The monoisotopic (exact) mass is 276 g/mol. The summed E-state index contributed by atoms with van der Waals surface area (Å²) in [6.45, 7) is 9.61. The average molecular weight is 276 g/mol. The molecular weight excluding hydrogens is 254 g/mol. The van der Waals surface area contributed by atoms with E-state index in [2.05, 4.69) is 24.8 Å². The zero-order chi connectivity index (χ0) is 14.5. The van der Waals surface area contributed by atoms with Gasteiger partial charge in [0, 0.05) is 17.8 Å². The third-order valence-corrected chi connectivity index (χ3v) is 3.92. The lowest BCUT2D eigenvalue weighted by atomic mass is 10.2. The van der Waals surface area contributed by atoms with E-state index < -0.39 is 0 Å². The molecule has 1 N–H and O–H groups in total. The van der Waals surface area contributed by atoms with E-state index in [1.54, 1.807) is 17.0 Å². The minimum absolute atomic E-state index is 0.154. The first-order chi connectivity index (χ1) is 9.60. The third-order valence-electron chi connectivity index (χ3n) is 3.92. The van der Waals surface area contributed by atoms with Gasteiger partial charge in [0.2, 0.25) is 0 Å². The molecule has 5 nitrogen and oxygen atoms in total. The Morgan fingerprint density at radius 2 is 1.95 bits per heavy atom. The summed E-state index contributed by atoms with van der Waals surface area (Å²) < 4.78 is 0. The topological polar surface area (TPSA) is 50.8 Å². The molecule has 0 bridgehead atoms. The van der Waals surface area contributed by atoms with Gasteiger partial charge in [0.1, 0.15) is 0 Å². The number of nitrogens with zero attached hydrogens (tertiary/aromatic N) is 2. The highest BCUT2D eigenvalue weighted by Crippen LogP contribution is 2.19. The first kappa shape index (κ1) is 14.5. The summed E-state index contributed by atoms with van der Waals surface area (Å²) in [7, 11) is 0. The van der Waals surface area contributed by atoms with Crippen molar-refractivity contribution in [2.45, 2.75) is 13.8 Å². The van der Waals surface area contributed by atoms with Crippen molar-refractivity contribution in [2.24, 2.45) is 0 Å². The maximum absolute atomic E-state index is 10.6. The molecule has 1 fully saturated rings. The molecule has 0 aromatic heterocycles. The fourth-order valence-corrected chi connectivity index (χ4v) is 2.54. The third kappa shape index (κ3) is 3.57. The normalized spacial score (nSPS) is 17.3. The molecule has 0 atom stereocenters. The molecule has 1 saturated heterocycles. The van der Waals surface area contributed by atoms with E-state index in [9.17, 15) is 10.1 Å². The molecule has 0 amide bonds. The summed E-state index contributed by atoms with van der Waals surface area (Å²) in [6.07, 6.45) is 2.18. The Balaban J connectivity index is 1.92. The van der Waals surface area contributed by atoms with Crippen LogP contribution in [0.5, 0.6) is 0 Å². The molecule has 1 aromatic carbocycles. The number of anilines is 1. The van der Waals surface area contributed by atoms with Crippen molar-refractivity contribution < 1.29 is 9.82 Å². The number of non-ortho nitro benzene ring substituents is 1. The molecule has 2 rings (SSSR count). The first-order valence-corrected chi connectivity index (χ1v) is 7.05. The van der Waals surface area contributed by atoms with Crippen LogP contribution in [0.4, 0.5) is 11.4 Å². The number of hydrogen-bond donors (Lipinski definition) is 1. The molecule has 0 aliphatic carbocycles. The fourth-order valence-electron chi connectivity index (χ4n) is 2.54. The van der Waals surface area contributed by atoms with Gasteiger partial charge in [0.25, 0.3) is 5.69 Å². The van der Waals surface area contributed by atoms with Crippen LogP contribution in [0, 0.1) is 10.1 Å². The molecule has 0 saturated carbocycles. The Kier molecular flexibility index (Phi) is 4.74. The lowest BCUT2D eigenvalue weighted by Crippen LogP contribution is -3.15. The Bertz CT molecular complexity index is 488. The Morgan fingerprint density at radius 3 is 2.45 bits per heavy atom. The number of piperazine rings is 1. The quantitative estimate of drug-likeness (QED) is 0.512. The minimum atomic E-state index is -0.355. The molecule has 5 heteroatoms. The zero-order valence-electron chi connectivity index (χ0n) is 12.1. The van der Waals surface area contributed by atoms with Crippen molar-refractivity contribution >= 4 is 11.4 Å². The number of nitrogens with one attached hydrogen (secondary N) is 1. The van der Waals surface area contributed by atoms with E-state index in [1.165, 1.54) is 5.57 Å². The fraction of sp³-hybridized carbons (Fsp3) is 0.467. The number of benzene rings is 1. The summed E-state index contributed by atoms with van der Waals surface area (Å²) in [6, 6.07) is 6.86. The second-order valence-electron chi connectivity index (χ2n) is 5.32. The van der Waals surface area contributed by atoms with Gasteiger partial charge in [-0.15, -0.1) is 0 Å². The van der Waals surface area contributed by atoms with Crippen LogP contribution < -0.4 is 9.80 Å². The van der Waals surface area contributed by atoms with Crippen LogP contribution in [0.2, 0.25) is 0 Å². The van der Waals surface area contributed by atoms with Crippen LogP contribution in [-0.2, 0) is 0 Å². The van der Waals surface area contributed by atoms with Gasteiger partial charge in [0.15, 0.2) is 0 Å². The Labute approximate surface area is 119 Å². The van der Waals surface area contributed by atoms with Crippen LogP contribution in [0.15, 0.2) is 35.9 Å². The van der Waals surface area contributed by atoms with Crippen molar-refractivity contribution in [3.05, 3.63) is 46.0 Å². The molecule has 0 unspecified atom stereocenters. The van der Waals surface area contributed by atoms with Gasteiger partial charge in [-0.1, -0.05) is 6.08 Å². The lowest BCUT2D eigenvalue weighted by molar-refractivity contribution is -0.895. The van der Waals surface area contributed by atoms with Crippen LogP contribution >= 0.6 is 0 Å². The maximum Gasteiger partial charge on any atom is 0.269 e. The van der Waals surface area contributed by atoms with E-state index >= 15 is 0 Å². The van der Waals surface area contributed by atoms with Crippen LogP contribution in [-0.4, -0.2) is 37.6 Å². The molecular formula is C15H22N3O2+. The van der Waals surface area contributed by atoms with Crippen molar-refractivity contribution in [1.82, 2.24) is 0 Å². The summed E-state index contributed by atoms with van der Waals surface area (Å²) in [5, 5.41) is 10.6. The molecule has 0 radical (unpaired) electrons. The molecule has 1 aliphatic rings. The minimum Gasteiger partial charge on any atom is -0.360 e. The van der Waals surface area contributed by atoms with Crippen molar-refractivity contribution in [3.8, 4) is 0 Å². The van der Waals surface area contributed by atoms with Crippen molar-refractivity contribution in [3.63, 3.8) is 0 Å². The van der Waals surface area contributed by atoms with Crippen molar-refractivity contribution in [1.29, 1.82) is 0 Å². The van der Waals surface area contributed by atoms with Crippen LogP contribution in [0.1, 0.15) is 13.8 Å².